The molecule has 0 aliphatic rings. The molecule has 4 unspecified atom stereocenters. The van der Waals surface area contributed by atoms with E-state index in [1.807, 2.05) is 13.8 Å². The Hall–Kier alpha value is -0.530. The lowest BCUT2D eigenvalue weighted by atomic mass is 9.78. The molecule has 0 radical (unpaired) electrons. The zero-order valence-corrected chi connectivity index (χ0v) is 15.4. The number of carboxylic acid groups (broad SMARTS) is 1. The largest absolute Gasteiger partial charge is 0.481 e. The van der Waals surface area contributed by atoms with Crippen LogP contribution in [-0.4, -0.2) is 11.1 Å². The van der Waals surface area contributed by atoms with Crippen LogP contribution in [0.5, 0.6) is 0 Å². The summed E-state index contributed by atoms with van der Waals surface area (Å²) in [4.78, 5) is 11.2. The molecule has 0 saturated carbocycles. The highest BCUT2D eigenvalue weighted by atomic mass is 16.4. The molecule has 0 spiro atoms. The molecule has 0 saturated heterocycles. The van der Waals surface area contributed by atoms with Gasteiger partial charge in [-0.25, -0.2) is 0 Å². The monoisotopic (exact) mass is 298 g/mol. The molecule has 1 N–H and O–H groups in total. The van der Waals surface area contributed by atoms with E-state index in [0.29, 0.717) is 11.8 Å². The molecule has 0 fully saturated rings. The number of hydrogen-bond donors (Lipinski definition) is 1. The van der Waals surface area contributed by atoms with Crippen LogP contribution in [0.1, 0.15) is 87.0 Å². The first-order valence-corrected chi connectivity index (χ1v) is 8.81. The average Bonchev–Trinajstić information content (AvgIpc) is 2.26. The molecule has 0 aromatic heterocycles. The van der Waals surface area contributed by atoms with Crippen LogP contribution in [0.4, 0.5) is 0 Å². The molecule has 2 nitrogen and oxygen atoms in total. The van der Waals surface area contributed by atoms with Crippen molar-refractivity contribution in [3.8, 4) is 0 Å². The minimum absolute atomic E-state index is 0.478. The van der Waals surface area contributed by atoms with E-state index in [0.717, 1.165) is 24.7 Å². The summed E-state index contributed by atoms with van der Waals surface area (Å²) in [6.07, 6.45) is 7.13. The van der Waals surface area contributed by atoms with Crippen LogP contribution in [0.15, 0.2) is 0 Å². The molecule has 4 atom stereocenters. The Morgan fingerprint density at radius 3 is 1.76 bits per heavy atom. The van der Waals surface area contributed by atoms with Crippen molar-refractivity contribution in [2.75, 3.05) is 0 Å². The van der Waals surface area contributed by atoms with Gasteiger partial charge in [0.25, 0.3) is 0 Å². The predicted octanol–water partition coefficient (Wildman–Crippen LogP) is 6.00. The molecule has 2 heteroatoms. The lowest BCUT2D eigenvalue weighted by Gasteiger charge is -2.27. The maximum Gasteiger partial charge on any atom is 0.309 e. The number of rotatable bonds is 11. The van der Waals surface area contributed by atoms with E-state index in [1.54, 1.807) is 0 Å². The fraction of sp³-hybridized carbons (Fsp3) is 0.947. The van der Waals surface area contributed by atoms with Crippen molar-refractivity contribution in [2.45, 2.75) is 87.0 Å². The summed E-state index contributed by atoms with van der Waals surface area (Å²) < 4.78 is 0. The van der Waals surface area contributed by atoms with Crippen molar-refractivity contribution in [3.63, 3.8) is 0 Å². The van der Waals surface area contributed by atoms with Gasteiger partial charge in [-0.1, -0.05) is 47.5 Å². The summed E-state index contributed by atoms with van der Waals surface area (Å²) in [6.45, 7) is 15.2. The molecule has 0 aromatic rings. The number of aliphatic carboxylic acids is 1. The van der Waals surface area contributed by atoms with Crippen LogP contribution in [0.2, 0.25) is 0 Å². The Morgan fingerprint density at radius 1 is 0.905 bits per heavy atom. The Labute approximate surface area is 132 Å². The van der Waals surface area contributed by atoms with Gasteiger partial charge in [0.2, 0.25) is 0 Å². The van der Waals surface area contributed by atoms with Gasteiger partial charge in [-0.2, -0.15) is 0 Å². The fourth-order valence-corrected chi connectivity index (χ4v) is 3.91. The van der Waals surface area contributed by atoms with Crippen LogP contribution in [0.25, 0.3) is 0 Å². The first kappa shape index (κ1) is 20.5. The second-order valence-corrected chi connectivity index (χ2v) is 8.31. The molecule has 21 heavy (non-hydrogen) atoms. The summed E-state index contributed by atoms with van der Waals surface area (Å²) in [7, 11) is 0. The minimum atomic E-state index is -0.677. The van der Waals surface area contributed by atoms with Gasteiger partial charge in [0.1, 0.15) is 0 Å². The summed E-state index contributed by atoms with van der Waals surface area (Å²) in [5.74, 6) is 2.10. The zero-order chi connectivity index (χ0) is 16.6. The van der Waals surface area contributed by atoms with Crippen molar-refractivity contribution in [2.24, 2.45) is 29.1 Å². The summed E-state index contributed by atoms with van der Waals surface area (Å²) in [5.41, 5.74) is -0.597. The molecular weight excluding hydrogens is 260 g/mol. The summed E-state index contributed by atoms with van der Waals surface area (Å²) in [6, 6.07) is 0. The van der Waals surface area contributed by atoms with Crippen molar-refractivity contribution in [1.29, 1.82) is 0 Å². The lowest BCUT2D eigenvalue weighted by Crippen LogP contribution is -2.26. The lowest BCUT2D eigenvalue weighted by molar-refractivity contribution is -0.147. The van der Waals surface area contributed by atoms with E-state index in [4.69, 9.17) is 0 Å². The van der Waals surface area contributed by atoms with E-state index in [9.17, 15) is 9.90 Å². The quantitative estimate of drug-likeness (QED) is 0.507. The maximum atomic E-state index is 11.2. The van der Waals surface area contributed by atoms with E-state index >= 15 is 0 Å². The maximum absolute atomic E-state index is 11.2. The Bertz CT molecular complexity index is 296. The van der Waals surface area contributed by atoms with Crippen LogP contribution in [0.3, 0.4) is 0 Å². The van der Waals surface area contributed by atoms with Crippen molar-refractivity contribution in [3.05, 3.63) is 0 Å². The zero-order valence-electron chi connectivity index (χ0n) is 15.4. The third-order valence-corrected chi connectivity index (χ3v) is 4.63. The molecule has 126 valence electrons. The second kappa shape index (κ2) is 9.48. The smallest absolute Gasteiger partial charge is 0.309 e. The third-order valence-electron chi connectivity index (χ3n) is 4.63. The Balaban J connectivity index is 4.13. The van der Waals surface area contributed by atoms with Gasteiger partial charge in [-0.15, -0.1) is 0 Å². The number of hydrogen-bond acceptors (Lipinski definition) is 1. The average molecular weight is 299 g/mol. The van der Waals surface area contributed by atoms with Crippen LogP contribution < -0.4 is 0 Å². The highest BCUT2D eigenvalue weighted by Crippen LogP contribution is 2.31. The van der Waals surface area contributed by atoms with Gasteiger partial charge in [0, 0.05) is 0 Å². The van der Waals surface area contributed by atoms with Gasteiger partial charge >= 0.3 is 5.97 Å². The van der Waals surface area contributed by atoms with Gasteiger partial charge in [-0.05, 0) is 63.2 Å². The number of carboxylic acids is 1. The van der Waals surface area contributed by atoms with E-state index < -0.39 is 11.4 Å². The summed E-state index contributed by atoms with van der Waals surface area (Å²) >= 11 is 0. The van der Waals surface area contributed by atoms with Gasteiger partial charge in [0.05, 0.1) is 5.41 Å². The van der Waals surface area contributed by atoms with E-state index in [2.05, 4.69) is 34.6 Å². The van der Waals surface area contributed by atoms with Crippen molar-refractivity contribution >= 4 is 5.97 Å². The minimum Gasteiger partial charge on any atom is -0.481 e. The van der Waals surface area contributed by atoms with E-state index in [-0.39, 0.29) is 0 Å². The van der Waals surface area contributed by atoms with Gasteiger partial charge in [0.15, 0.2) is 0 Å². The molecule has 0 rings (SSSR count). The summed E-state index contributed by atoms with van der Waals surface area (Å²) in [5, 5.41) is 9.22. The van der Waals surface area contributed by atoms with E-state index in [1.165, 1.54) is 25.7 Å². The molecule has 0 aromatic carbocycles. The van der Waals surface area contributed by atoms with Crippen LogP contribution in [-0.2, 0) is 4.79 Å². The molecular formula is C19H38O2. The molecule has 0 bridgehead atoms. The van der Waals surface area contributed by atoms with Gasteiger partial charge in [-0.3, -0.25) is 4.79 Å². The predicted molar refractivity (Wildman–Crippen MR) is 91.4 cm³/mol. The fourth-order valence-electron chi connectivity index (χ4n) is 3.91. The molecule has 0 heterocycles. The first-order valence-electron chi connectivity index (χ1n) is 8.81. The molecule has 0 aliphatic carbocycles. The second-order valence-electron chi connectivity index (χ2n) is 8.31. The van der Waals surface area contributed by atoms with Crippen molar-refractivity contribution in [1.82, 2.24) is 0 Å². The standard InChI is InChI=1S/C19H38O2/c1-8-9-14(2)10-15(3)11-16(4)12-17(5)13-19(6,7)18(20)21/h14-17H,8-13H2,1-7H3,(H,20,21). The Kier molecular flexibility index (Phi) is 9.24. The van der Waals surface area contributed by atoms with Crippen LogP contribution in [0, 0.1) is 29.1 Å². The normalized spacial score (nSPS) is 18.0. The topological polar surface area (TPSA) is 37.3 Å². The van der Waals surface area contributed by atoms with Gasteiger partial charge < -0.3 is 5.11 Å². The molecule has 0 amide bonds. The highest BCUT2D eigenvalue weighted by Gasteiger charge is 2.29. The SMILES string of the molecule is CCCC(C)CC(C)CC(C)CC(C)CC(C)(C)C(=O)O. The Morgan fingerprint density at radius 2 is 1.33 bits per heavy atom. The van der Waals surface area contributed by atoms with Crippen molar-refractivity contribution < 1.29 is 9.90 Å². The molecule has 0 aliphatic heterocycles. The highest BCUT2D eigenvalue weighted by molar-refractivity contribution is 5.73. The number of carbonyl (C=O) groups is 1. The first-order chi connectivity index (χ1) is 9.58. The van der Waals surface area contributed by atoms with Crippen LogP contribution >= 0.6 is 0 Å². The third kappa shape index (κ3) is 9.16.